The van der Waals surface area contributed by atoms with Crippen LogP contribution >= 0.6 is 0 Å². The quantitative estimate of drug-likeness (QED) is 0.591. The van der Waals surface area contributed by atoms with Crippen molar-refractivity contribution in [2.75, 3.05) is 13.1 Å². The summed E-state index contributed by atoms with van der Waals surface area (Å²) >= 11 is 0. The number of halogens is 1. The summed E-state index contributed by atoms with van der Waals surface area (Å²) in [6, 6.07) is 16.1. The fraction of sp³-hybridized carbons (Fsp3) is 0.480. The molecule has 0 aromatic heterocycles. The van der Waals surface area contributed by atoms with E-state index in [4.69, 9.17) is 9.26 Å². The molecule has 0 N–H and O–H groups in total. The van der Waals surface area contributed by atoms with Crippen LogP contribution in [-0.4, -0.2) is 43.3 Å². The number of benzene rings is 2. The van der Waals surface area contributed by atoms with Crippen LogP contribution in [0.4, 0.5) is 4.39 Å². The van der Waals surface area contributed by atoms with Crippen LogP contribution in [0.5, 0.6) is 0 Å². The first kappa shape index (κ1) is 23.1. The fourth-order valence-electron chi connectivity index (χ4n) is 4.17. The van der Waals surface area contributed by atoms with Crippen molar-refractivity contribution in [3.63, 3.8) is 0 Å². The van der Waals surface area contributed by atoms with Gasteiger partial charge in [0.1, 0.15) is 11.9 Å². The second kappa shape index (κ2) is 8.37. The maximum atomic E-state index is 15.0. The number of hydroxylamine groups is 2. The Hall–Kier alpha value is -2.06. The lowest BCUT2D eigenvalue weighted by atomic mass is 9.97. The van der Waals surface area contributed by atoms with Gasteiger partial charge in [-0.05, 0) is 29.8 Å². The Balaban J connectivity index is 1.65. The number of amides is 1. The summed E-state index contributed by atoms with van der Waals surface area (Å²) in [6.07, 6.45) is 0.268. The molecule has 4 rings (SSSR count). The average molecular weight is 457 g/mol. The SMILES string of the molecule is CC(C)(C)[Si](C)(C)O[C@]1(c2ccccc2F)C[C@H]2C(=O)N(Cc3ccccc3)CCN2O1. The van der Waals surface area contributed by atoms with Crippen molar-refractivity contribution in [2.45, 2.75) is 63.7 Å². The normalized spacial score (nSPS) is 24.6. The molecule has 0 radical (unpaired) electrons. The van der Waals surface area contributed by atoms with E-state index in [0.29, 0.717) is 25.2 Å². The van der Waals surface area contributed by atoms with Crippen LogP contribution < -0.4 is 0 Å². The van der Waals surface area contributed by atoms with Crippen LogP contribution in [0.25, 0.3) is 0 Å². The molecule has 1 amide bonds. The molecule has 32 heavy (non-hydrogen) atoms. The molecule has 2 saturated heterocycles. The smallest absolute Gasteiger partial charge is 0.242 e. The predicted molar refractivity (Wildman–Crippen MR) is 124 cm³/mol. The summed E-state index contributed by atoms with van der Waals surface area (Å²) in [7, 11) is -2.36. The number of carbonyl (C=O) groups is 1. The summed E-state index contributed by atoms with van der Waals surface area (Å²) in [5.41, 5.74) is 1.45. The minimum atomic E-state index is -2.36. The molecule has 2 heterocycles. The van der Waals surface area contributed by atoms with Gasteiger partial charge in [0.25, 0.3) is 0 Å². The first-order valence-corrected chi connectivity index (χ1v) is 14.2. The van der Waals surface area contributed by atoms with Gasteiger partial charge in [-0.2, -0.15) is 5.06 Å². The van der Waals surface area contributed by atoms with Gasteiger partial charge < -0.3 is 9.33 Å². The Bertz CT molecular complexity index is 979. The van der Waals surface area contributed by atoms with E-state index in [0.717, 1.165) is 5.56 Å². The van der Waals surface area contributed by atoms with Gasteiger partial charge in [0.15, 0.2) is 8.32 Å². The maximum Gasteiger partial charge on any atom is 0.242 e. The van der Waals surface area contributed by atoms with Crippen molar-refractivity contribution >= 4 is 14.2 Å². The standard InChI is InChI=1S/C25H33FN2O3Si/c1-24(2,3)32(4,5)31-25(20-13-9-10-14-21(20)26)17-22-23(29)27(15-16-28(22)30-25)18-19-11-7-6-8-12-19/h6-14,22H,15-18H2,1-5H3/t22-,25-/m0/s1. The third-order valence-electron chi connectivity index (χ3n) is 6.99. The van der Waals surface area contributed by atoms with Gasteiger partial charge in [0.05, 0.1) is 0 Å². The van der Waals surface area contributed by atoms with Crippen LogP contribution in [0, 0.1) is 5.82 Å². The van der Waals surface area contributed by atoms with Gasteiger partial charge in [0, 0.05) is 31.6 Å². The highest BCUT2D eigenvalue weighted by Gasteiger charge is 2.57. The Labute approximate surface area is 191 Å². The van der Waals surface area contributed by atoms with Crippen LogP contribution in [0.15, 0.2) is 54.6 Å². The molecule has 0 aliphatic carbocycles. The third-order valence-corrected chi connectivity index (χ3v) is 11.4. The van der Waals surface area contributed by atoms with Gasteiger partial charge in [-0.3, -0.25) is 9.63 Å². The summed E-state index contributed by atoms with van der Waals surface area (Å²) < 4.78 is 21.8. The Morgan fingerprint density at radius 2 is 1.75 bits per heavy atom. The van der Waals surface area contributed by atoms with E-state index in [9.17, 15) is 4.79 Å². The van der Waals surface area contributed by atoms with E-state index in [1.165, 1.54) is 6.07 Å². The van der Waals surface area contributed by atoms with E-state index in [-0.39, 0.29) is 23.2 Å². The molecule has 7 heteroatoms. The maximum absolute atomic E-state index is 15.0. The molecule has 2 atom stereocenters. The van der Waals surface area contributed by atoms with Crippen molar-refractivity contribution in [1.82, 2.24) is 9.96 Å². The minimum Gasteiger partial charge on any atom is -0.385 e. The molecule has 0 bridgehead atoms. The van der Waals surface area contributed by atoms with Gasteiger partial charge >= 0.3 is 0 Å². The molecule has 2 aromatic carbocycles. The number of hydrogen-bond donors (Lipinski definition) is 0. The number of hydrogen-bond acceptors (Lipinski definition) is 4. The van der Waals surface area contributed by atoms with E-state index in [2.05, 4.69) is 33.9 Å². The number of piperazine rings is 1. The van der Waals surface area contributed by atoms with E-state index in [1.807, 2.05) is 35.2 Å². The van der Waals surface area contributed by atoms with E-state index < -0.39 is 20.1 Å². The van der Waals surface area contributed by atoms with Crippen LogP contribution in [0.2, 0.25) is 18.1 Å². The number of fused-ring (bicyclic) bond motifs is 1. The zero-order valence-electron chi connectivity index (χ0n) is 19.6. The summed E-state index contributed by atoms with van der Waals surface area (Å²) in [4.78, 5) is 21.7. The molecule has 2 aliphatic rings. The van der Waals surface area contributed by atoms with Crippen molar-refractivity contribution in [1.29, 1.82) is 0 Å². The largest absolute Gasteiger partial charge is 0.385 e. The first-order valence-electron chi connectivity index (χ1n) is 11.3. The summed E-state index contributed by atoms with van der Waals surface area (Å²) in [5.74, 6) is -1.69. The number of carbonyl (C=O) groups excluding carboxylic acids is 1. The van der Waals surface area contributed by atoms with Crippen LogP contribution in [0.1, 0.15) is 38.3 Å². The highest BCUT2D eigenvalue weighted by atomic mass is 28.4. The molecule has 5 nitrogen and oxygen atoms in total. The van der Waals surface area contributed by atoms with E-state index in [1.54, 1.807) is 23.3 Å². The first-order chi connectivity index (χ1) is 15.0. The number of nitrogens with zero attached hydrogens (tertiary/aromatic N) is 2. The molecular formula is C25H33FN2O3Si. The molecule has 2 aromatic rings. The van der Waals surface area contributed by atoms with Crippen LogP contribution in [-0.2, 0) is 26.4 Å². The lowest BCUT2D eigenvalue weighted by Crippen LogP contribution is -2.53. The molecule has 2 aliphatic heterocycles. The monoisotopic (exact) mass is 456 g/mol. The molecule has 0 unspecified atom stereocenters. The number of rotatable bonds is 5. The third kappa shape index (κ3) is 4.27. The Morgan fingerprint density at radius 1 is 1.09 bits per heavy atom. The lowest BCUT2D eigenvalue weighted by molar-refractivity contribution is -0.289. The van der Waals surface area contributed by atoms with Gasteiger partial charge in [-0.1, -0.05) is 69.3 Å². The van der Waals surface area contributed by atoms with Gasteiger partial charge in [-0.15, -0.1) is 0 Å². The highest BCUT2D eigenvalue weighted by molar-refractivity contribution is 6.74. The molecule has 0 spiro atoms. The van der Waals surface area contributed by atoms with Crippen LogP contribution in [0.3, 0.4) is 0 Å². The molecule has 172 valence electrons. The van der Waals surface area contributed by atoms with Crippen molar-refractivity contribution in [3.05, 3.63) is 71.5 Å². The van der Waals surface area contributed by atoms with Crippen molar-refractivity contribution < 1.29 is 18.4 Å². The summed E-state index contributed by atoms with van der Waals surface area (Å²) in [5, 5.41) is 1.62. The van der Waals surface area contributed by atoms with Crippen molar-refractivity contribution in [3.8, 4) is 0 Å². The minimum absolute atomic E-state index is 0.00264. The Kier molecular flexibility index (Phi) is 6.05. The fourth-order valence-corrected chi connectivity index (χ4v) is 5.53. The highest BCUT2D eigenvalue weighted by Crippen LogP contribution is 2.49. The topological polar surface area (TPSA) is 42.0 Å². The zero-order valence-corrected chi connectivity index (χ0v) is 20.6. The Morgan fingerprint density at radius 3 is 2.41 bits per heavy atom. The molecule has 0 saturated carbocycles. The second-order valence-corrected chi connectivity index (χ2v) is 15.0. The second-order valence-electron chi connectivity index (χ2n) is 10.3. The van der Waals surface area contributed by atoms with Gasteiger partial charge in [0.2, 0.25) is 11.7 Å². The van der Waals surface area contributed by atoms with Crippen molar-refractivity contribution in [2.24, 2.45) is 0 Å². The lowest BCUT2D eigenvalue weighted by Gasteiger charge is -2.43. The average Bonchev–Trinajstić information content (AvgIpc) is 3.10. The summed E-state index contributed by atoms with van der Waals surface area (Å²) in [6.45, 7) is 12.3. The van der Waals surface area contributed by atoms with Gasteiger partial charge in [-0.25, -0.2) is 4.39 Å². The molecule has 2 fully saturated rings. The zero-order chi connectivity index (χ0) is 23.1. The van der Waals surface area contributed by atoms with E-state index >= 15 is 4.39 Å². The molecular weight excluding hydrogens is 423 g/mol. The predicted octanol–water partition coefficient (Wildman–Crippen LogP) is 5.05.